The minimum absolute atomic E-state index is 0.183. The summed E-state index contributed by atoms with van der Waals surface area (Å²) >= 11 is 0. The zero-order valence-electron chi connectivity index (χ0n) is 18.3. The largest absolute Gasteiger partial charge is 0.352 e. The molecule has 1 atom stereocenters. The Bertz CT molecular complexity index is 1050. The number of piperazine rings is 1. The average molecular weight is 454 g/mol. The summed E-state index contributed by atoms with van der Waals surface area (Å²) in [5.41, 5.74) is 1.62. The van der Waals surface area contributed by atoms with E-state index in [2.05, 4.69) is 34.5 Å². The van der Waals surface area contributed by atoms with Crippen molar-refractivity contribution in [3.63, 3.8) is 0 Å². The van der Waals surface area contributed by atoms with Gasteiger partial charge in [-0.15, -0.1) is 0 Å². The van der Waals surface area contributed by atoms with E-state index in [4.69, 9.17) is 0 Å². The van der Waals surface area contributed by atoms with E-state index in [0.717, 1.165) is 25.8 Å². The minimum atomic E-state index is -3.63. The highest BCUT2D eigenvalue weighted by molar-refractivity contribution is 7.89. The Morgan fingerprint density at radius 1 is 0.969 bits per heavy atom. The average Bonchev–Trinajstić information content (AvgIpc) is 2.84. The van der Waals surface area contributed by atoms with Crippen molar-refractivity contribution in [1.29, 1.82) is 0 Å². The summed E-state index contributed by atoms with van der Waals surface area (Å²) in [6, 6.07) is 16.6. The first-order chi connectivity index (χ1) is 15.5. The van der Waals surface area contributed by atoms with E-state index in [-0.39, 0.29) is 10.8 Å². The number of nitrogens with one attached hydrogen (secondary N) is 1. The van der Waals surface area contributed by atoms with E-state index in [1.165, 1.54) is 15.9 Å². The smallest absolute Gasteiger partial charge is 0.251 e. The molecule has 32 heavy (non-hydrogen) atoms. The monoisotopic (exact) mass is 453 g/mol. The number of hydrogen-bond donors (Lipinski definition) is 1. The van der Waals surface area contributed by atoms with Gasteiger partial charge < -0.3 is 5.32 Å². The van der Waals surface area contributed by atoms with Crippen LogP contribution < -0.4 is 5.32 Å². The highest BCUT2D eigenvalue weighted by Crippen LogP contribution is 2.21. The molecule has 0 spiro atoms. The lowest BCUT2D eigenvalue weighted by Gasteiger charge is -2.34. The quantitative estimate of drug-likeness (QED) is 0.654. The van der Waals surface area contributed by atoms with E-state index in [9.17, 15) is 13.2 Å². The maximum absolute atomic E-state index is 13.2. The first kappa shape index (κ1) is 22.7. The van der Waals surface area contributed by atoms with Gasteiger partial charge in [-0.05, 0) is 48.9 Å². The molecule has 6 nitrogen and oxygen atoms in total. The first-order valence-corrected chi connectivity index (χ1v) is 12.8. The molecule has 1 fully saturated rings. The summed E-state index contributed by atoms with van der Waals surface area (Å²) in [6.45, 7) is 3.69. The Kier molecular flexibility index (Phi) is 7.40. The van der Waals surface area contributed by atoms with Gasteiger partial charge >= 0.3 is 0 Å². The fourth-order valence-corrected chi connectivity index (χ4v) is 5.77. The molecule has 1 aliphatic heterocycles. The zero-order valence-corrected chi connectivity index (χ0v) is 19.1. The van der Waals surface area contributed by atoms with Gasteiger partial charge in [0.2, 0.25) is 10.0 Å². The van der Waals surface area contributed by atoms with Gasteiger partial charge in [0.25, 0.3) is 5.91 Å². The van der Waals surface area contributed by atoms with E-state index < -0.39 is 10.0 Å². The second-order valence-electron chi connectivity index (χ2n) is 8.55. The molecular formula is C25H31N3O3S. The summed E-state index contributed by atoms with van der Waals surface area (Å²) in [5.74, 6) is 0.229. The number of amides is 1. The zero-order chi connectivity index (χ0) is 22.4. The maximum atomic E-state index is 13.2. The lowest BCUT2D eigenvalue weighted by molar-refractivity contribution is 0.0946. The summed E-state index contributed by atoms with van der Waals surface area (Å²) in [6.07, 6.45) is 7.43. The Labute approximate surface area is 191 Å². The van der Waals surface area contributed by atoms with E-state index in [0.29, 0.717) is 44.2 Å². The molecule has 1 amide bonds. The Balaban J connectivity index is 1.35. The molecular weight excluding hydrogens is 422 g/mol. The van der Waals surface area contributed by atoms with Crippen LogP contribution in [-0.4, -0.2) is 56.3 Å². The molecule has 7 heteroatoms. The molecule has 0 saturated carbocycles. The summed E-state index contributed by atoms with van der Waals surface area (Å²) in [5, 5.41) is 2.97. The second kappa shape index (κ2) is 10.4. The van der Waals surface area contributed by atoms with Crippen LogP contribution in [0.2, 0.25) is 0 Å². The van der Waals surface area contributed by atoms with Crippen LogP contribution in [0.4, 0.5) is 0 Å². The summed E-state index contributed by atoms with van der Waals surface area (Å²) < 4.78 is 27.9. The highest BCUT2D eigenvalue weighted by atomic mass is 32.2. The molecule has 2 aromatic carbocycles. The van der Waals surface area contributed by atoms with E-state index >= 15 is 0 Å². The number of carbonyl (C=O) groups excluding carboxylic acids is 1. The number of rotatable bonds is 7. The van der Waals surface area contributed by atoms with Crippen molar-refractivity contribution in [2.75, 3.05) is 32.7 Å². The number of nitrogens with zero attached hydrogens (tertiary/aromatic N) is 2. The van der Waals surface area contributed by atoms with Crippen LogP contribution in [-0.2, 0) is 16.6 Å². The van der Waals surface area contributed by atoms with Crippen LogP contribution in [0.15, 0.2) is 71.6 Å². The highest BCUT2D eigenvalue weighted by Gasteiger charge is 2.29. The molecule has 1 saturated heterocycles. The van der Waals surface area contributed by atoms with Crippen molar-refractivity contribution >= 4 is 15.9 Å². The topological polar surface area (TPSA) is 69.7 Å². The molecule has 1 unspecified atom stereocenters. The van der Waals surface area contributed by atoms with Crippen LogP contribution in [0.25, 0.3) is 0 Å². The third-order valence-corrected chi connectivity index (χ3v) is 8.14. The SMILES string of the molecule is O=C(NCC1CC=CCC1)c1cccc(S(=O)(=O)N2CCN(Cc3ccccc3)CC2)c1. The van der Waals surface area contributed by atoms with Crippen molar-refractivity contribution in [3.05, 3.63) is 77.9 Å². The molecule has 0 radical (unpaired) electrons. The molecule has 2 aromatic rings. The number of allylic oxidation sites excluding steroid dienone is 2. The molecule has 0 aromatic heterocycles. The van der Waals surface area contributed by atoms with Gasteiger partial charge in [-0.25, -0.2) is 8.42 Å². The normalized spacial score (nSPS) is 20.2. The fourth-order valence-electron chi connectivity index (χ4n) is 4.30. The van der Waals surface area contributed by atoms with E-state index in [1.807, 2.05) is 18.2 Å². The van der Waals surface area contributed by atoms with Crippen molar-refractivity contribution in [1.82, 2.24) is 14.5 Å². The van der Waals surface area contributed by atoms with Crippen molar-refractivity contribution in [2.45, 2.75) is 30.7 Å². The predicted molar refractivity (Wildman–Crippen MR) is 126 cm³/mol. The minimum Gasteiger partial charge on any atom is -0.352 e. The Morgan fingerprint density at radius 2 is 1.75 bits per heavy atom. The third-order valence-electron chi connectivity index (χ3n) is 6.24. The molecule has 0 bridgehead atoms. The lowest BCUT2D eigenvalue weighted by Crippen LogP contribution is -2.48. The van der Waals surface area contributed by atoms with Crippen LogP contribution in [0.5, 0.6) is 0 Å². The first-order valence-electron chi connectivity index (χ1n) is 11.3. The molecule has 1 heterocycles. The van der Waals surface area contributed by atoms with Crippen molar-refractivity contribution in [2.24, 2.45) is 5.92 Å². The number of carbonyl (C=O) groups is 1. The van der Waals surface area contributed by atoms with Crippen LogP contribution in [0.1, 0.15) is 35.2 Å². The van der Waals surface area contributed by atoms with E-state index in [1.54, 1.807) is 18.2 Å². The van der Waals surface area contributed by atoms with Gasteiger partial charge in [-0.3, -0.25) is 9.69 Å². The Morgan fingerprint density at radius 3 is 2.47 bits per heavy atom. The van der Waals surface area contributed by atoms with Gasteiger partial charge in [-0.2, -0.15) is 4.31 Å². The van der Waals surface area contributed by atoms with Gasteiger partial charge in [0.1, 0.15) is 0 Å². The molecule has 1 N–H and O–H groups in total. The fraction of sp³-hybridized carbons (Fsp3) is 0.400. The molecule has 2 aliphatic rings. The number of sulfonamides is 1. The van der Waals surface area contributed by atoms with Gasteiger partial charge in [0.05, 0.1) is 4.90 Å². The van der Waals surface area contributed by atoms with Crippen molar-refractivity contribution < 1.29 is 13.2 Å². The number of hydrogen-bond acceptors (Lipinski definition) is 4. The molecule has 1 aliphatic carbocycles. The van der Waals surface area contributed by atoms with Gasteiger partial charge in [-0.1, -0.05) is 48.6 Å². The van der Waals surface area contributed by atoms with Crippen LogP contribution >= 0.6 is 0 Å². The maximum Gasteiger partial charge on any atom is 0.251 e. The standard InChI is InChI=1S/C25H31N3O3S/c29-25(26-19-21-8-3-1-4-9-21)23-12-7-13-24(18-23)32(30,31)28-16-14-27(15-17-28)20-22-10-5-2-6-11-22/h1-3,5-7,10-13,18,21H,4,8-9,14-17,19-20H2,(H,26,29). The summed E-state index contributed by atoms with van der Waals surface area (Å²) in [4.78, 5) is 15.1. The van der Waals surface area contributed by atoms with Crippen molar-refractivity contribution in [3.8, 4) is 0 Å². The lowest BCUT2D eigenvalue weighted by atomic mass is 9.94. The predicted octanol–water partition coefficient (Wildman–Crippen LogP) is 3.28. The second-order valence-corrected chi connectivity index (χ2v) is 10.5. The number of benzene rings is 2. The van der Waals surface area contributed by atoms with Crippen LogP contribution in [0, 0.1) is 5.92 Å². The van der Waals surface area contributed by atoms with Crippen LogP contribution in [0.3, 0.4) is 0 Å². The molecule has 170 valence electrons. The summed E-state index contributed by atoms with van der Waals surface area (Å²) in [7, 11) is -3.63. The Hall–Kier alpha value is -2.48. The third kappa shape index (κ3) is 5.65. The van der Waals surface area contributed by atoms with Gasteiger partial charge in [0, 0.05) is 44.8 Å². The molecule has 4 rings (SSSR count). The van der Waals surface area contributed by atoms with Gasteiger partial charge in [0.15, 0.2) is 0 Å².